The van der Waals surface area contributed by atoms with E-state index in [1.165, 1.54) is 39.8 Å². The van der Waals surface area contributed by atoms with Crippen LogP contribution in [-0.4, -0.2) is 43.9 Å². The van der Waals surface area contributed by atoms with Crippen LogP contribution in [0, 0.1) is 5.82 Å². The van der Waals surface area contributed by atoms with Gasteiger partial charge < -0.3 is 14.2 Å². The predicted octanol–water partition coefficient (Wildman–Crippen LogP) is 3.74. The van der Waals surface area contributed by atoms with Crippen molar-refractivity contribution in [1.29, 1.82) is 0 Å². The Morgan fingerprint density at radius 1 is 1.00 bits per heavy atom. The zero-order valence-corrected chi connectivity index (χ0v) is 17.9. The molecule has 2 heterocycles. The monoisotopic (exact) mass is 422 g/mol. The third kappa shape index (κ3) is 3.39. The molecule has 29 heavy (non-hydrogen) atoms. The molecule has 156 valence electrons. The van der Waals surface area contributed by atoms with Crippen LogP contribution in [-0.2, 0) is 9.84 Å². The molecule has 2 aromatic heterocycles. The number of aromatic nitrogens is 2. The van der Waals surface area contributed by atoms with Crippen LogP contribution in [0.15, 0.2) is 35.5 Å². The first-order chi connectivity index (χ1) is 13.5. The maximum absolute atomic E-state index is 14.5. The van der Waals surface area contributed by atoms with Gasteiger partial charge in [-0.3, -0.25) is 4.40 Å². The highest BCUT2D eigenvalue weighted by Gasteiger charge is 2.34. The lowest BCUT2D eigenvalue weighted by atomic mass is 10.1. The fourth-order valence-electron chi connectivity index (χ4n) is 2.96. The van der Waals surface area contributed by atoms with E-state index < -0.39 is 20.4 Å². The van der Waals surface area contributed by atoms with Crippen LogP contribution in [0.1, 0.15) is 20.8 Å². The Bertz CT molecular complexity index is 1180. The minimum absolute atomic E-state index is 0.0114. The second kappa shape index (κ2) is 7.22. The van der Waals surface area contributed by atoms with E-state index in [1.54, 1.807) is 37.3 Å². The van der Waals surface area contributed by atoms with Gasteiger partial charge >= 0.3 is 0 Å². The van der Waals surface area contributed by atoms with Crippen LogP contribution in [0.2, 0.25) is 0 Å². The number of methoxy groups -OCH3 is 3. The number of nitrogens with zero attached hydrogens (tertiary/aromatic N) is 2. The van der Waals surface area contributed by atoms with Crippen LogP contribution in [0.5, 0.6) is 17.2 Å². The summed E-state index contributed by atoms with van der Waals surface area (Å²) < 4.78 is 56.7. The first kappa shape index (κ1) is 20.9. The lowest BCUT2D eigenvalue weighted by molar-refractivity contribution is 0.338. The second-order valence-corrected chi connectivity index (χ2v) is 10.1. The maximum Gasteiger partial charge on any atom is 0.196 e. The number of fused-ring (bicyclic) bond motifs is 1. The van der Waals surface area contributed by atoms with E-state index in [0.29, 0.717) is 16.9 Å². The van der Waals surface area contributed by atoms with Crippen molar-refractivity contribution < 1.29 is 27.0 Å². The fourth-order valence-corrected chi connectivity index (χ4v) is 4.27. The van der Waals surface area contributed by atoms with Gasteiger partial charge in [0.05, 0.1) is 38.0 Å². The minimum Gasteiger partial charge on any atom is -0.495 e. The van der Waals surface area contributed by atoms with Gasteiger partial charge in [-0.05, 0) is 32.9 Å². The summed E-state index contributed by atoms with van der Waals surface area (Å²) in [6.45, 7) is 4.85. The Morgan fingerprint density at radius 2 is 1.66 bits per heavy atom. The molecule has 0 amide bonds. The van der Waals surface area contributed by atoms with E-state index in [2.05, 4.69) is 4.98 Å². The zero-order chi connectivity index (χ0) is 21.6. The van der Waals surface area contributed by atoms with Crippen molar-refractivity contribution in [3.63, 3.8) is 0 Å². The van der Waals surface area contributed by atoms with E-state index in [1.807, 2.05) is 0 Å². The molecule has 0 N–H and O–H groups in total. The van der Waals surface area contributed by atoms with Gasteiger partial charge in [-0.2, -0.15) is 0 Å². The summed E-state index contributed by atoms with van der Waals surface area (Å²) in [6, 6.07) is 4.43. The Hall–Kier alpha value is -2.81. The number of sulfone groups is 1. The Kier molecular flexibility index (Phi) is 5.20. The molecule has 0 fully saturated rings. The number of imidazole rings is 1. The smallest absolute Gasteiger partial charge is 0.196 e. The summed E-state index contributed by atoms with van der Waals surface area (Å²) in [7, 11) is 0.455. The van der Waals surface area contributed by atoms with Gasteiger partial charge in [-0.25, -0.2) is 17.8 Å². The largest absolute Gasteiger partial charge is 0.495 e. The molecule has 0 aliphatic heterocycles. The quantitative estimate of drug-likeness (QED) is 0.623. The first-order valence-corrected chi connectivity index (χ1v) is 10.2. The zero-order valence-electron chi connectivity index (χ0n) is 17.1. The van der Waals surface area contributed by atoms with Gasteiger partial charge in [-0.1, -0.05) is 0 Å². The average Bonchev–Trinajstić information content (AvgIpc) is 3.08. The molecule has 0 aliphatic carbocycles. The summed E-state index contributed by atoms with van der Waals surface area (Å²) >= 11 is 0. The molecular formula is C20H23FN2O5S. The highest BCUT2D eigenvalue weighted by molar-refractivity contribution is 7.92. The van der Waals surface area contributed by atoms with E-state index >= 15 is 0 Å². The van der Waals surface area contributed by atoms with E-state index in [9.17, 15) is 12.8 Å². The van der Waals surface area contributed by atoms with Crippen molar-refractivity contribution in [2.45, 2.75) is 30.4 Å². The van der Waals surface area contributed by atoms with Crippen molar-refractivity contribution in [3.8, 4) is 28.5 Å². The van der Waals surface area contributed by atoms with Crippen molar-refractivity contribution >= 4 is 15.5 Å². The molecule has 0 unspecified atom stereocenters. The molecular weight excluding hydrogens is 399 g/mol. The molecule has 0 radical (unpaired) electrons. The van der Waals surface area contributed by atoms with E-state index in [4.69, 9.17) is 14.2 Å². The van der Waals surface area contributed by atoms with Crippen LogP contribution in [0.3, 0.4) is 0 Å². The van der Waals surface area contributed by atoms with Crippen LogP contribution in [0.25, 0.3) is 16.9 Å². The molecule has 0 saturated heterocycles. The molecule has 3 aromatic rings. The van der Waals surface area contributed by atoms with Gasteiger partial charge in [0.2, 0.25) is 0 Å². The highest BCUT2D eigenvalue weighted by Crippen LogP contribution is 2.37. The molecule has 0 atom stereocenters. The molecule has 0 spiro atoms. The number of hydrogen-bond donors (Lipinski definition) is 0. The van der Waals surface area contributed by atoms with Crippen molar-refractivity contribution in [1.82, 2.24) is 9.38 Å². The first-order valence-electron chi connectivity index (χ1n) is 8.76. The molecule has 3 rings (SSSR count). The van der Waals surface area contributed by atoms with Gasteiger partial charge in [0.25, 0.3) is 0 Å². The summed E-state index contributed by atoms with van der Waals surface area (Å²) in [5.74, 6) is -0.202. The van der Waals surface area contributed by atoms with Gasteiger partial charge in [-0.15, -0.1) is 0 Å². The van der Waals surface area contributed by atoms with Crippen molar-refractivity contribution in [2.24, 2.45) is 0 Å². The van der Waals surface area contributed by atoms with Crippen molar-refractivity contribution in [3.05, 3.63) is 36.4 Å². The number of ether oxygens (including phenoxy) is 3. The topological polar surface area (TPSA) is 79.1 Å². The third-order valence-electron chi connectivity index (χ3n) is 4.62. The Balaban J connectivity index is 2.30. The molecule has 0 saturated carbocycles. The number of benzene rings is 1. The summed E-state index contributed by atoms with van der Waals surface area (Å²) in [5, 5.41) is 0. The number of pyridine rings is 1. The SMILES string of the molecule is COc1cc2ncc(-c3cc(F)c(OC)c(OC)c3)n2cc1S(=O)(=O)C(C)(C)C. The maximum atomic E-state index is 14.5. The second-order valence-electron chi connectivity index (χ2n) is 7.39. The Morgan fingerprint density at radius 3 is 2.21 bits per heavy atom. The molecule has 9 heteroatoms. The molecule has 0 bridgehead atoms. The molecule has 0 aliphatic rings. The van der Waals surface area contributed by atoms with Crippen LogP contribution < -0.4 is 14.2 Å². The Labute approximate surface area is 169 Å². The van der Waals surface area contributed by atoms with E-state index in [0.717, 1.165) is 0 Å². The minimum atomic E-state index is -3.71. The fraction of sp³-hybridized carbons (Fsp3) is 0.350. The summed E-state index contributed by atoms with van der Waals surface area (Å²) in [6.07, 6.45) is 2.98. The highest BCUT2D eigenvalue weighted by atomic mass is 32.2. The van der Waals surface area contributed by atoms with E-state index in [-0.39, 0.29) is 22.1 Å². The van der Waals surface area contributed by atoms with Gasteiger partial charge in [0.15, 0.2) is 27.2 Å². The van der Waals surface area contributed by atoms with Gasteiger partial charge in [0.1, 0.15) is 16.3 Å². The lowest BCUT2D eigenvalue weighted by Gasteiger charge is -2.21. The van der Waals surface area contributed by atoms with Crippen LogP contribution in [0.4, 0.5) is 4.39 Å². The predicted molar refractivity (Wildman–Crippen MR) is 107 cm³/mol. The lowest BCUT2D eigenvalue weighted by Crippen LogP contribution is -2.28. The molecule has 7 nitrogen and oxygen atoms in total. The average molecular weight is 422 g/mol. The van der Waals surface area contributed by atoms with Gasteiger partial charge in [0, 0.05) is 17.8 Å². The standard InChI is InChI=1S/C20H23FN2O5S/c1-20(2,3)29(24,25)17-11-23-14(10-22-18(23)9-15(17)26-4)12-7-13(21)19(28-6)16(8-12)27-5/h7-11H,1-6H3. The van der Waals surface area contributed by atoms with Crippen LogP contribution >= 0.6 is 0 Å². The number of hydrogen-bond acceptors (Lipinski definition) is 6. The van der Waals surface area contributed by atoms with Crippen molar-refractivity contribution in [2.75, 3.05) is 21.3 Å². The third-order valence-corrected chi connectivity index (χ3v) is 7.12. The normalized spacial score (nSPS) is 12.2. The number of rotatable bonds is 5. The summed E-state index contributed by atoms with van der Waals surface area (Å²) in [5.41, 5.74) is 1.41. The molecule has 1 aromatic carbocycles. The summed E-state index contributed by atoms with van der Waals surface area (Å²) in [4.78, 5) is 4.34. The number of halogens is 1.